The summed E-state index contributed by atoms with van der Waals surface area (Å²) >= 11 is 0. The van der Waals surface area contributed by atoms with Gasteiger partial charge < -0.3 is 0 Å². The molecule has 1 aromatic carbocycles. The SMILES string of the molecule is CCc1cc(C)c(CN=CC(C)C)c(CC)c1C. The lowest BCUT2D eigenvalue weighted by Crippen LogP contribution is -2.03. The molecule has 100 valence electrons. The van der Waals surface area contributed by atoms with E-state index < -0.39 is 0 Å². The lowest BCUT2D eigenvalue weighted by Gasteiger charge is -2.16. The molecule has 1 heteroatoms. The molecule has 0 radical (unpaired) electrons. The molecule has 0 atom stereocenters. The molecule has 0 aliphatic carbocycles. The second-order valence-electron chi connectivity index (χ2n) is 5.38. The maximum Gasteiger partial charge on any atom is 0.0641 e. The van der Waals surface area contributed by atoms with E-state index in [4.69, 9.17) is 0 Å². The lowest BCUT2D eigenvalue weighted by atomic mass is 9.90. The highest BCUT2D eigenvalue weighted by atomic mass is 14.7. The molecule has 1 nitrogen and oxygen atoms in total. The number of nitrogens with zero attached hydrogens (tertiary/aromatic N) is 1. The Balaban J connectivity index is 3.14. The second kappa shape index (κ2) is 6.72. The quantitative estimate of drug-likeness (QED) is 0.669. The van der Waals surface area contributed by atoms with Crippen LogP contribution in [-0.4, -0.2) is 6.21 Å². The summed E-state index contributed by atoms with van der Waals surface area (Å²) in [6.07, 6.45) is 4.28. The van der Waals surface area contributed by atoms with E-state index in [1.54, 1.807) is 0 Å². The van der Waals surface area contributed by atoms with Gasteiger partial charge >= 0.3 is 0 Å². The Bertz CT molecular complexity index is 428. The third kappa shape index (κ3) is 3.44. The fourth-order valence-corrected chi connectivity index (χ4v) is 2.54. The van der Waals surface area contributed by atoms with Crippen LogP contribution < -0.4 is 0 Å². The molecule has 1 rings (SSSR count). The van der Waals surface area contributed by atoms with E-state index in [0.29, 0.717) is 5.92 Å². The number of aryl methyl sites for hydroxylation is 2. The maximum atomic E-state index is 4.58. The molecular weight excluding hydrogens is 218 g/mol. The van der Waals surface area contributed by atoms with Crippen LogP contribution in [0.4, 0.5) is 0 Å². The number of rotatable bonds is 5. The Kier molecular flexibility index (Phi) is 5.58. The third-order valence-corrected chi connectivity index (χ3v) is 3.55. The van der Waals surface area contributed by atoms with E-state index in [2.05, 4.69) is 58.8 Å². The predicted molar refractivity (Wildman–Crippen MR) is 81.7 cm³/mol. The minimum atomic E-state index is 0.534. The molecule has 0 saturated carbocycles. The van der Waals surface area contributed by atoms with Gasteiger partial charge in [-0.2, -0.15) is 0 Å². The zero-order valence-corrected chi connectivity index (χ0v) is 12.8. The topological polar surface area (TPSA) is 12.4 Å². The maximum absolute atomic E-state index is 4.58. The van der Waals surface area contributed by atoms with Gasteiger partial charge in [0.25, 0.3) is 0 Å². The minimum absolute atomic E-state index is 0.534. The van der Waals surface area contributed by atoms with Crippen molar-refractivity contribution in [1.82, 2.24) is 0 Å². The Hall–Kier alpha value is -1.11. The van der Waals surface area contributed by atoms with Gasteiger partial charge in [0.15, 0.2) is 0 Å². The molecular formula is C17H27N. The van der Waals surface area contributed by atoms with Crippen LogP contribution in [0.2, 0.25) is 0 Å². The summed E-state index contributed by atoms with van der Waals surface area (Å²) in [5.41, 5.74) is 7.30. The molecule has 1 aromatic rings. The van der Waals surface area contributed by atoms with Crippen LogP contribution in [-0.2, 0) is 19.4 Å². The van der Waals surface area contributed by atoms with Crippen molar-refractivity contribution in [3.05, 3.63) is 33.9 Å². The molecule has 18 heavy (non-hydrogen) atoms. The van der Waals surface area contributed by atoms with Gasteiger partial charge in [0.2, 0.25) is 0 Å². The predicted octanol–water partition coefficient (Wildman–Crippen LogP) is 4.66. The molecule has 0 spiro atoms. The van der Waals surface area contributed by atoms with Gasteiger partial charge in [-0.15, -0.1) is 0 Å². The van der Waals surface area contributed by atoms with Gasteiger partial charge in [0.05, 0.1) is 6.54 Å². The minimum Gasteiger partial charge on any atom is -0.292 e. The largest absolute Gasteiger partial charge is 0.292 e. The van der Waals surface area contributed by atoms with Crippen molar-refractivity contribution < 1.29 is 0 Å². The van der Waals surface area contributed by atoms with Crippen LogP contribution in [0.5, 0.6) is 0 Å². The summed E-state index contributed by atoms with van der Waals surface area (Å²) in [6.45, 7) is 14.1. The molecule has 0 unspecified atom stereocenters. The Morgan fingerprint density at radius 2 is 1.78 bits per heavy atom. The Morgan fingerprint density at radius 3 is 2.28 bits per heavy atom. The number of benzene rings is 1. The highest BCUT2D eigenvalue weighted by molar-refractivity contribution is 5.60. The van der Waals surface area contributed by atoms with Crippen molar-refractivity contribution in [1.29, 1.82) is 0 Å². The van der Waals surface area contributed by atoms with Crippen LogP contribution in [0.1, 0.15) is 55.5 Å². The van der Waals surface area contributed by atoms with Gasteiger partial charge in [-0.25, -0.2) is 0 Å². The fourth-order valence-electron chi connectivity index (χ4n) is 2.54. The van der Waals surface area contributed by atoms with Crippen LogP contribution in [0, 0.1) is 19.8 Å². The third-order valence-electron chi connectivity index (χ3n) is 3.55. The standard InChI is InChI=1S/C17H27N/c1-7-15-9-13(5)17(11-18-10-12(3)4)16(8-2)14(15)6/h9-10,12H,7-8,11H2,1-6H3. The van der Waals surface area contributed by atoms with Crippen LogP contribution in [0.3, 0.4) is 0 Å². The van der Waals surface area contributed by atoms with Crippen LogP contribution in [0.15, 0.2) is 11.1 Å². The van der Waals surface area contributed by atoms with Crippen molar-refractivity contribution >= 4 is 6.21 Å². The summed E-state index contributed by atoms with van der Waals surface area (Å²) in [4.78, 5) is 4.58. The van der Waals surface area contributed by atoms with E-state index in [0.717, 1.165) is 19.4 Å². The Morgan fingerprint density at radius 1 is 1.11 bits per heavy atom. The molecule has 0 heterocycles. The van der Waals surface area contributed by atoms with Crippen LogP contribution >= 0.6 is 0 Å². The summed E-state index contributed by atoms with van der Waals surface area (Å²) < 4.78 is 0. The fraction of sp³-hybridized carbons (Fsp3) is 0.588. The normalized spacial score (nSPS) is 11.7. The van der Waals surface area contributed by atoms with Crippen LogP contribution in [0.25, 0.3) is 0 Å². The van der Waals surface area contributed by atoms with Gasteiger partial charge in [-0.1, -0.05) is 33.8 Å². The van der Waals surface area contributed by atoms with Crippen molar-refractivity contribution in [3.63, 3.8) is 0 Å². The zero-order valence-electron chi connectivity index (χ0n) is 12.8. The first-order chi connectivity index (χ1) is 8.51. The molecule has 0 saturated heterocycles. The van der Waals surface area contributed by atoms with Gasteiger partial charge in [-0.05, 0) is 60.4 Å². The zero-order chi connectivity index (χ0) is 13.7. The second-order valence-corrected chi connectivity index (χ2v) is 5.38. The first-order valence-corrected chi connectivity index (χ1v) is 7.11. The van der Waals surface area contributed by atoms with Gasteiger partial charge in [-0.3, -0.25) is 4.99 Å². The molecule has 0 bridgehead atoms. The van der Waals surface area contributed by atoms with Gasteiger partial charge in [0, 0.05) is 6.21 Å². The molecule has 0 amide bonds. The summed E-state index contributed by atoms with van der Waals surface area (Å²) in [7, 11) is 0. The monoisotopic (exact) mass is 245 g/mol. The average molecular weight is 245 g/mol. The molecule has 0 aromatic heterocycles. The van der Waals surface area contributed by atoms with E-state index in [1.807, 2.05) is 0 Å². The van der Waals surface area contributed by atoms with Crippen molar-refractivity contribution in [2.24, 2.45) is 10.9 Å². The summed E-state index contributed by atoms with van der Waals surface area (Å²) in [5, 5.41) is 0. The average Bonchev–Trinajstić information content (AvgIpc) is 2.32. The molecule has 0 aliphatic heterocycles. The van der Waals surface area contributed by atoms with Crippen molar-refractivity contribution in [2.45, 2.75) is 60.9 Å². The van der Waals surface area contributed by atoms with E-state index in [1.165, 1.54) is 27.8 Å². The first kappa shape index (κ1) is 14.9. The van der Waals surface area contributed by atoms with E-state index >= 15 is 0 Å². The molecule has 0 fully saturated rings. The van der Waals surface area contributed by atoms with Crippen molar-refractivity contribution in [2.75, 3.05) is 0 Å². The number of aliphatic imine (C=N–C) groups is 1. The number of hydrogen-bond donors (Lipinski definition) is 0. The van der Waals surface area contributed by atoms with Crippen molar-refractivity contribution in [3.8, 4) is 0 Å². The highest BCUT2D eigenvalue weighted by Crippen LogP contribution is 2.24. The smallest absolute Gasteiger partial charge is 0.0641 e. The molecule has 0 N–H and O–H groups in total. The van der Waals surface area contributed by atoms with E-state index in [-0.39, 0.29) is 0 Å². The van der Waals surface area contributed by atoms with E-state index in [9.17, 15) is 0 Å². The van der Waals surface area contributed by atoms with Gasteiger partial charge in [0.1, 0.15) is 0 Å². The lowest BCUT2D eigenvalue weighted by molar-refractivity contribution is 0.883. The number of hydrogen-bond acceptors (Lipinski definition) is 1. The summed E-state index contributed by atoms with van der Waals surface area (Å²) in [5.74, 6) is 0.534. The first-order valence-electron chi connectivity index (χ1n) is 7.11. The highest BCUT2D eigenvalue weighted by Gasteiger charge is 2.10. The molecule has 0 aliphatic rings. The Labute approximate surface area is 112 Å². The summed E-state index contributed by atoms with van der Waals surface area (Å²) in [6, 6.07) is 2.34.